The lowest BCUT2D eigenvalue weighted by Gasteiger charge is -2.26. The van der Waals surface area contributed by atoms with Gasteiger partial charge in [0, 0.05) is 18.8 Å². The molecule has 10 heteroatoms. The number of hydrogen-bond acceptors (Lipinski definition) is 5. The lowest BCUT2D eigenvalue weighted by Crippen LogP contribution is -2.40. The topological polar surface area (TPSA) is 99.5 Å². The van der Waals surface area contributed by atoms with Crippen molar-refractivity contribution in [3.63, 3.8) is 0 Å². The Labute approximate surface area is 172 Å². The second-order valence-electron chi connectivity index (χ2n) is 5.92. The van der Waals surface area contributed by atoms with Crippen LogP contribution in [0.2, 0.25) is 10.0 Å². The third kappa shape index (κ3) is 4.29. The number of nitriles is 1. The Morgan fingerprint density at radius 3 is 2.46 bits per heavy atom. The molecule has 2 aromatic carbocycles. The summed E-state index contributed by atoms with van der Waals surface area (Å²) in [6, 6.07) is 10.3. The van der Waals surface area contributed by atoms with E-state index >= 15 is 0 Å². The quantitative estimate of drug-likeness (QED) is 0.788. The van der Waals surface area contributed by atoms with E-state index in [1.807, 2.05) is 6.07 Å². The number of morpholine rings is 1. The number of sulfonamides is 1. The van der Waals surface area contributed by atoms with Crippen LogP contribution < -0.4 is 5.32 Å². The Morgan fingerprint density at radius 1 is 1.11 bits per heavy atom. The van der Waals surface area contributed by atoms with Crippen LogP contribution in [0.1, 0.15) is 15.9 Å². The molecule has 0 saturated carbocycles. The minimum Gasteiger partial charge on any atom is -0.379 e. The largest absolute Gasteiger partial charge is 0.379 e. The standard InChI is InChI=1S/C18H15Cl2N3O4S/c19-16-3-1-13(9-12(16)11-21)22-18(24)15-10-14(2-4-17(15)20)28(25,26)23-5-7-27-8-6-23/h1-4,9-10H,5-8H2,(H,22,24). The van der Waals surface area contributed by atoms with Gasteiger partial charge in [-0.25, -0.2) is 8.42 Å². The minimum absolute atomic E-state index is 0.00413. The molecule has 2 aromatic rings. The van der Waals surface area contributed by atoms with Crippen molar-refractivity contribution >= 4 is 44.8 Å². The summed E-state index contributed by atoms with van der Waals surface area (Å²) in [7, 11) is -3.77. The lowest BCUT2D eigenvalue weighted by molar-refractivity contribution is 0.0730. The Bertz CT molecular complexity index is 1060. The fourth-order valence-electron chi connectivity index (χ4n) is 2.66. The zero-order chi connectivity index (χ0) is 20.3. The van der Waals surface area contributed by atoms with Gasteiger partial charge in [0.25, 0.3) is 5.91 Å². The van der Waals surface area contributed by atoms with Crippen LogP contribution in [-0.2, 0) is 14.8 Å². The molecule has 0 aromatic heterocycles. The van der Waals surface area contributed by atoms with Gasteiger partial charge < -0.3 is 10.1 Å². The van der Waals surface area contributed by atoms with Crippen LogP contribution in [0.4, 0.5) is 5.69 Å². The van der Waals surface area contributed by atoms with Crippen LogP contribution in [0.3, 0.4) is 0 Å². The van der Waals surface area contributed by atoms with Crippen molar-refractivity contribution in [2.24, 2.45) is 0 Å². The molecular formula is C18H15Cl2N3O4S. The van der Waals surface area contributed by atoms with E-state index in [0.717, 1.165) is 0 Å². The molecule has 0 bridgehead atoms. The zero-order valence-corrected chi connectivity index (χ0v) is 16.8. The van der Waals surface area contributed by atoms with E-state index in [2.05, 4.69) is 5.32 Å². The molecule has 146 valence electrons. The highest BCUT2D eigenvalue weighted by molar-refractivity contribution is 7.89. The summed E-state index contributed by atoms with van der Waals surface area (Å²) in [5.74, 6) is -0.602. The molecule has 1 amide bonds. The third-order valence-electron chi connectivity index (χ3n) is 4.13. The molecule has 0 aliphatic carbocycles. The van der Waals surface area contributed by atoms with Crippen molar-refractivity contribution in [2.45, 2.75) is 4.90 Å². The van der Waals surface area contributed by atoms with Crippen molar-refractivity contribution < 1.29 is 17.9 Å². The average molecular weight is 440 g/mol. The molecule has 3 rings (SSSR count). The van der Waals surface area contributed by atoms with E-state index < -0.39 is 15.9 Å². The van der Waals surface area contributed by atoms with Gasteiger partial charge in [-0.1, -0.05) is 23.2 Å². The monoisotopic (exact) mass is 439 g/mol. The van der Waals surface area contributed by atoms with Crippen molar-refractivity contribution in [3.8, 4) is 6.07 Å². The van der Waals surface area contributed by atoms with Gasteiger partial charge in [0.1, 0.15) is 6.07 Å². The normalized spacial score (nSPS) is 15.0. The van der Waals surface area contributed by atoms with Crippen LogP contribution in [0.15, 0.2) is 41.3 Å². The predicted octanol–water partition coefficient (Wildman–Crippen LogP) is 3.14. The van der Waals surface area contributed by atoms with Gasteiger partial charge in [-0.2, -0.15) is 9.57 Å². The summed E-state index contributed by atoms with van der Waals surface area (Å²) in [5, 5.41) is 12.0. The number of halogens is 2. The lowest BCUT2D eigenvalue weighted by atomic mass is 10.2. The van der Waals surface area contributed by atoms with E-state index in [4.69, 9.17) is 33.2 Å². The smallest absolute Gasteiger partial charge is 0.257 e. The number of anilines is 1. The van der Waals surface area contributed by atoms with Crippen LogP contribution in [-0.4, -0.2) is 44.9 Å². The number of ether oxygens (including phenoxy) is 1. The molecule has 0 unspecified atom stereocenters. The summed E-state index contributed by atoms with van der Waals surface area (Å²) in [6.07, 6.45) is 0. The second-order valence-corrected chi connectivity index (χ2v) is 8.67. The van der Waals surface area contributed by atoms with Gasteiger partial charge >= 0.3 is 0 Å². The van der Waals surface area contributed by atoms with Gasteiger partial charge in [-0.15, -0.1) is 0 Å². The van der Waals surface area contributed by atoms with Crippen molar-refractivity contribution in [1.82, 2.24) is 4.31 Å². The fraction of sp³-hybridized carbons (Fsp3) is 0.222. The van der Waals surface area contributed by atoms with E-state index in [1.54, 1.807) is 0 Å². The highest BCUT2D eigenvalue weighted by Gasteiger charge is 2.27. The summed E-state index contributed by atoms with van der Waals surface area (Å²) >= 11 is 12.0. The van der Waals surface area contributed by atoms with Gasteiger partial charge in [0.15, 0.2) is 0 Å². The molecule has 0 atom stereocenters. The van der Waals surface area contributed by atoms with Gasteiger partial charge in [0.2, 0.25) is 10.0 Å². The molecule has 1 N–H and O–H groups in total. The molecule has 0 radical (unpaired) electrons. The van der Waals surface area contributed by atoms with Crippen LogP contribution >= 0.6 is 23.2 Å². The summed E-state index contributed by atoms with van der Waals surface area (Å²) in [4.78, 5) is 12.6. The number of benzene rings is 2. The van der Waals surface area contributed by atoms with Gasteiger partial charge in [-0.3, -0.25) is 4.79 Å². The van der Waals surface area contributed by atoms with Crippen LogP contribution in [0.25, 0.3) is 0 Å². The number of nitrogens with one attached hydrogen (secondary N) is 1. The molecule has 1 heterocycles. The predicted molar refractivity (Wildman–Crippen MR) is 105 cm³/mol. The maximum absolute atomic E-state index is 12.8. The third-order valence-corrected chi connectivity index (χ3v) is 6.69. The first kappa shape index (κ1) is 20.6. The maximum Gasteiger partial charge on any atom is 0.257 e. The van der Waals surface area contributed by atoms with Crippen LogP contribution in [0.5, 0.6) is 0 Å². The fourth-order valence-corrected chi connectivity index (χ4v) is 4.46. The van der Waals surface area contributed by atoms with Crippen molar-refractivity contribution in [1.29, 1.82) is 5.26 Å². The molecule has 1 saturated heterocycles. The first-order valence-corrected chi connectivity index (χ1v) is 10.4. The molecule has 1 aliphatic rings. The van der Waals surface area contributed by atoms with E-state index in [0.29, 0.717) is 18.9 Å². The number of hydrogen-bond donors (Lipinski definition) is 1. The first-order chi connectivity index (χ1) is 13.3. The molecular weight excluding hydrogens is 425 g/mol. The Balaban J connectivity index is 1.89. The Kier molecular flexibility index (Phi) is 6.23. The molecule has 28 heavy (non-hydrogen) atoms. The first-order valence-electron chi connectivity index (χ1n) is 8.21. The number of amides is 1. The molecule has 0 spiro atoms. The number of carbonyl (C=O) groups is 1. The van der Waals surface area contributed by atoms with Gasteiger partial charge in [0.05, 0.1) is 39.3 Å². The minimum atomic E-state index is -3.77. The number of rotatable bonds is 4. The molecule has 7 nitrogen and oxygen atoms in total. The summed E-state index contributed by atoms with van der Waals surface area (Å²) in [5.41, 5.74) is 0.544. The van der Waals surface area contributed by atoms with Crippen molar-refractivity contribution in [3.05, 3.63) is 57.6 Å². The molecule has 1 fully saturated rings. The highest BCUT2D eigenvalue weighted by atomic mass is 35.5. The zero-order valence-electron chi connectivity index (χ0n) is 14.5. The number of nitrogens with zero attached hydrogens (tertiary/aromatic N) is 2. The maximum atomic E-state index is 12.8. The SMILES string of the molecule is N#Cc1cc(NC(=O)c2cc(S(=O)(=O)N3CCOCC3)ccc2Cl)ccc1Cl. The summed E-state index contributed by atoms with van der Waals surface area (Å²) < 4.78 is 32.1. The van der Waals surface area contributed by atoms with E-state index in [9.17, 15) is 13.2 Å². The van der Waals surface area contributed by atoms with Crippen LogP contribution in [0, 0.1) is 11.3 Å². The highest BCUT2D eigenvalue weighted by Crippen LogP contribution is 2.25. The summed E-state index contributed by atoms with van der Waals surface area (Å²) in [6.45, 7) is 1.12. The van der Waals surface area contributed by atoms with Gasteiger partial charge in [-0.05, 0) is 36.4 Å². The average Bonchev–Trinajstić information content (AvgIpc) is 2.70. The van der Waals surface area contributed by atoms with E-state index in [1.165, 1.54) is 40.7 Å². The number of carbonyl (C=O) groups excluding carboxylic acids is 1. The van der Waals surface area contributed by atoms with Crippen molar-refractivity contribution in [2.75, 3.05) is 31.6 Å². The molecule has 1 aliphatic heterocycles. The Morgan fingerprint density at radius 2 is 1.79 bits per heavy atom. The van der Waals surface area contributed by atoms with E-state index in [-0.39, 0.29) is 39.2 Å². The second kappa shape index (κ2) is 8.47. The Hall–Kier alpha value is -2.15.